The Kier molecular flexibility index (Phi) is 6.99. The minimum Gasteiger partial charge on any atom is -0.564 e. The summed E-state index contributed by atoms with van der Waals surface area (Å²) in [5, 5.41) is 6.95. The maximum Gasteiger partial charge on any atom is 0.533 e. The van der Waals surface area contributed by atoms with Crippen molar-refractivity contribution in [3.8, 4) is 0 Å². The van der Waals surface area contributed by atoms with Crippen molar-refractivity contribution in [1.29, 1.82) is 0 Å². The molecule has 0 fully saturated rings. The molecule has 6 heteroatoms. The fourth-order valence-corrected chi connectivity index (χ4v) is 2.17. The highest BCUT2D eigenvalue weighted by Gasteiger charge is 2.19. The molecule has 0 aliphatic carbocycles. The van der Waals surface area contributed by atoms with E-state index in [1.54, 1.807) is 0 Å². The van der Waals surface area contributed by atoms with Crippen LogP contribution in [0.5, 0.6) is 0 Å². The summed E-state index contributed by atoms with van der Waals surface area (Å²) < 4.78 is 0. The number of alkyl halides is 2. The predicted octanol–water partition coefficient (Wildman–Crippen LogP) is 1.09. The molecular weight excluding hydrogens is 287 g/mol. The minimum atomic E-state index is -0.757. The fraction of sp³-hybridized carbons (Fsp3) is 0.462. The molecule has 0 saturated carbocycles. The summed E-state index contributed by atoms with van der Waals surface area (Å²) in [4.78, 5) is 12.9. The first-order chi connectivity index (χ1) is 9.08. The van der Waals surface area contributed by atoms with E-state index in [9.17, 15) is 4.79 Å². The van der Waals surface area contributed by atoms with Gasteiger partial charge in [0, 0.05) is 41.8 Å². The van der Waals surface area contributed by atoms with Crippen molar-refractivity contribution < 1.29 is 9.90 Å². The number of carbonyl (C=O) groups is 1. The van der Waals surface area contributed by atoms with Gasteiger partial charge >= 0.3 is 5.97 Å². The van der Waals surface area contributed by atoms with Gasteiger partial charge in [-0.15, -0.1) is 23.2 Å². The molecular formula is C13H19Cl2N2O2+. The first-order valence-electron chi connectivity index (χ1n) is 6.05. The Hall–Kier alpha value is -0.970. The standard InChI is InChI=1S/C13H18Cl2N2O2/c14-5-7-17(8-6-15)11-3-1-10(2-4-11)9-12(16)13(18)19/h1-4,12H,5-9,16H2,(H,18,19)/p+1/t12-/m0/s1. The zero-order valence-corrected chi connectivity index (χ0v) is 12.1. The van der Waals surface area contributed by atoms with Crippen LogP contribution < -0.4 is 10.6 Å². The summed E-state index contributed by atoms with van der Waals surface area (Å²) in [5.74, 6) is 0.336. The third-order valence-corrected chi connectivity index (χ3v) is 3.14. The van der Waals surface area contributed by atoms with Gasteiger partial charge in [-0.05, 0) is 17.7 Å². The molecule has 1 aromatic carbocycles. The Bertz CT molecular complexity index is 392. The van der Waals surface area contributed by atoms with Gasteiger partial charge in [-0.2, -0.15) is 0 Å². The number of nitrogens with two attached hydrogens (primary N) is 1. The number of anilines is 1. The SMILES string of the molecule is N[C@@H](Cc1ccc(N(CCCl)CCCl)cc1)C(=O)[OH2+]. The van der Waals surface area contributed by atoms with Crippen LogP contribution in [0, 0.1) is 0 Å². The summed E-state index contributed by atoms with van der Waals surface area (Å²) in [7, 11) is 0. The normalized spacial score (nSPS) is 12.2. The van der Waals surface area contributed by atoms with Crippen LogP contribution in [0.25, 0.3) is 0 Å². The highest BCUT2D eigenvalue weighted by Crippen LogP contribution is 2.16. The molecule has 0 bridgehead atoms. The average Bonchev–Trinajstić information content (AvgIpc) is 2.39. The topological polar surface area (TPSA) is 69.2 Å². The molecule has 0 aromatic heterocycles. The van der Waals surface area contributed by atoms with Gasteiger partial charge in [0.05, 0.1) is 0 Å². The van der Waals surface area contributed by atoms with Crippen LogP contribution in [-0.2, 0) is 11.2 Å². The molecule has 1 rings (SSSR count). The number of nitrogens with zero attached hydrogens (tertiary/aromatic N) is 1. The van der Waals surface area contributed by atoms with Crippen LogP contribution >= 0.6 is 23.2 Å². The van der Waals surface area contributed by atoms with Crippen molar-refractivity contribution in [3.63, 3.8) is 0 Å². The van der Waals surface area contributed by atoms with Crippen molar-refractivity contribution in [1.82, 2.24) is 0 Å². The maximum absolute atomic E-state index is 10.8. The highest BCUT2D eigenvalue weighted by atomic mass is 35.5. The van der Waals surface area contributed by atoms with E-state index in [-0.39, 0.29) is 0 Å². The number of halogens is 2. The second-order valence-corrected chi connectivity index (χ2v) is 4.96. The van der Waals surface area contributed by atoms with Crippen LogP contribution in [0.3, 0.4) is 0 Å². The van der Waals surface area contributed by atoms with E-state index in [0.29, 0.717) is 18.2 Å². The van der Waals surface area contributed by atoms with Gasteiger partial charge in [-0.25, -0.2) is 0 Å². The Balaban J connectivity index is 2.71. The molecule has 0 unspecified atom stereocenters. The first-order valence-corrected chi connectivity index (χ1v) is 7.12. The van der Waals surface area contributed by atoms with E-state index < -0.39 is 12.0 Å². The van der Waals surface area contributed by atoms with Gasteiger partial charge in [0.2, 0.25) is 0 Å². The van der Waals surface area contributed by atoms with Crippen molar-refractivity contribution in [3.05, 3.63) is 29.8 Å². The fourth-order valence-electron chi connectivity index (χ4n) is 1.76. The quantitative estimate of drug-likeness (QED) is 0.577. The lowest BCUT2D eigenvalue weighted by molar-refractivity contribution is -0.138. The summed E-state index contributed by atoms with van der Waals surface area (Å²) in [6, 6.07) is 6.97. The summed E-state index contributed by atoms with van der Waals surface area (Å²) in [6.07, 6.45) is 0.383. The van der Waals surface area contributed by atoms with E-state index in [1.165, 1.54) is 0 Å². The van der Waals surface area contributed by atoms with Gasteiger partial charge in [0.25, 0.3) is 0 Å². The van der Waals surface area contributed by atoms with Gasteiger partial charge in [0.15, 0.2) is 6.04 Å². The first kappa shape index (κ1) is 16.1. The van der Waals surface area contributed by atoms with Crippen LogP contribution in [0.4, 0.5) is 5.69 Å². The van der Waals surface area contributed by atoms with E-state index in [1.807, 2.05) is 24.3 Å². The molecule has 19 heavy (non-hydrogen) atoms. The average molecular weight is 306 g/mol. The molecule has 0 aliphatic rings. The lowest BCUT2D eigenvalue weighted by atomic mass is 10.1. The van der Waals surface area contributed by atoms with E-state index >= 15 is 0 Å². The Morgan fingerprint density at radius 2 is 1.74 bits per heavy atom. The van der Waals surface area contributed by atoms with Crippen LogP contribution in [-0.4, -0.2) is 42.0 Å². The van der Waals surface area contributed by atoms with E-state index in [0.717, 1.165) is 24.3 Å². The monoisotopic (exact) mass is 305 g/mol. The Labute approximate surface area is 123 Å². The molecule has 1 atom stereocenters. The number of hydrogen-bond donors (Lipinski definition) is 1. The molecule has 4 N–H and O–H groups in total. The zero-order valence-electron chi connectivity index (χ0n) is 10.6. The molecule has 0 saturated heterocycles. The third kappa shape index (κ3) is 5.27. The number of hydrogen-bond acceptors (Lipinski definition) is 3. The highest BCUT2D eigenvalue weighted by molar-refractivity contribution is 6.18. The smallest absolute Gasteiger partial charge is 0.533 e. The lowest BCUT2D eigenvalue weighted by Gasteiger charge is -2.23. The molecule has 0 spiro atoms. The minimum absolute atomic E-state index is 0.383. The Morgan fingerprint density at radius 1 is 1.21 bits per heavy atom. The second kappa shape index (κ2) is 8.25. The van der Waals surface area contributed by atoms with Gasteiger partial charge in [-0.3, -0.25) is 0 Å². The molecule has 106 valence electrons. The largest absolute Gasteiger partial charge is 0.564 e. The van der Waals surface area contributed by atoms with Crippen molar-refractivity contribution in [2.75, 3.05) is 29.7 Å². The molecule has 0 radical (unpaired) electrons. The van der Waals surface area contributed by atoms with Crippen molar-refractivity contribution in [2.45, 2.75) is 12.5 Å². The molecule has 0 amide bonds. The van der Waals surface area contributed by atoms with Crippen LogP contribution in [0.2, 0.25) is 0 Å². The van der Waals surface area contributed by atoms with Crippen LogP contribution in [0.1, 0.15) is 5.56 Å². The number of carbonyl (C=O) groups excluding carboxylic acids is 1. The Morgan fingerprint density at radius 3 is 2.16 bits per heavy atom. The molecule has 4 nitrogen and oxygen atoms in total. The maximum atomic E-state index is 10.8. The van der Waals surface area contributed by atoms with E-state index in [2.05, 4.69) is 4.90 Å². The molecule has 0 heterocycles. The predicted molar refractivity (Wildman–Crippen MR) is 80.4 cm³/mol. The summed E-state index contributed by atoms with van der Waals surface area (Å²) in [6.45, 7) is 1.47. The van der Waals surface area contributed by atoms with Gasteiger partial charge in [0.1, 0.15) is 0 Å². The van der Waals surface area contributed by atoms with Crippen molar-refractivity contribution >= 4 is 34.9 Å². The lowest BCUT2D eigenvalue weighted by Crippen LogP contribution is -2.32. The third-order valence-electron chi connectivity index (χ3n) is 2.80. The van der Waals surface area contributed by atoms with Gasteiger partial charge < -0.3 is 15.7 Å². The number of benzene rings is 1. The molecule has 1 aromatic rings. The van der Waals surface area contributed by atoms with E-state index in [4.69, 9.17) is 34.0 Å². The second-order valence-electron chi connectivity index (χ2n) is 4.21. The van der Waals surface area contributed by atoms with Crippen LogP contribution in [0.15, 0.2) is 24.3 Å². The molecule has 0 aliphatic heterocycles. The van der Waals surface area contributed by atoms with Gasteiger partial charge in [-0.1, -0.05) is 12.1 Å². The number of rotatable bonds is 8. The zero-order chi connectivity index (χ0) is 14.3. The summed E-state index contributed by atoms with van der Waals surface area (Å²) >= 11 is 11.5. The van der Waals surface area contributed by atoms with Crippen molar-refractivity contribution in [2.24, 2.45) is 5.73 Å². The summed E-state index contributed by atoms with van der Waals surface area (Å²) in [5.41, 5.74) is 7.54.